The van der Waals surface area contributed by atoms with Crippen LogP contribution in [0.1, 0.15) is 25.1 Å². The second-order valence-electron chi connectivity index (χ2n) is 3.08. The number of aliphatic hydroxyl groups is 2. The van der Waals surface area contributed by atoms with Gasteiger partial charge in [0.15, 0.2) is 11.4 Å². The zero-order chi connectivity index (χ0) is 8.60. The fourth-order valence-corrected chi connectivity index (χ4v) is 1.59. The Hall–Kier alpha value is -1.01. The summed E-state index contributed by atoms with van der Waals surface area (Å²) in [6.07, 6.45) is 1.13. The normalized spacial score (nSPS) is 35.7. The van der Waals surface area contributed by atoms with Crippen molar-refractivity contribution in [3.05, 3.63) is 5.82 Å². The molecule has 1 aromatic rings. The Labute approximate surface area is 68.6 Å². The second-order valence-corrected chi connectivity index (χ2v) is 3.08. The van der Waals surface area contributed by atoms with Crippen LogP contribution >= 0.6 is 0 Å². The SMILES string of the molecule is OC1CCCC1(O)c1nnn[nH]1. The highest BCUT2D eigenvalue weighted by Gasteiger charge is 2.44. The molecular formula is C6H10N4O2. The number of rotatable bonds is 1. The lowest BCUT2D eigenvalue weighted by atomic mass is 9.99. The molecule has 1 aliphatic carbocycles. The lowest BCUT2D eigenvalue weighted by molar-refractivity contribution is -0.0642. The van der Waals surface area contributed by atoms with E-state index < -0.39 is 11.7 Å². The molecule has 3 N–H and O–H groups in total. The monoisotopic (exact) mass is 170 g/mol. The average molecular weight is 170 g/mol. The maximum absolute atomic E-state index is 9.90. The molecular weight excluding hydrogens is 160 g/mol. The number of nitrogens with one attached hydrogen (secondary N) is 1. The van der Waals surface area contributed by atoms with Crippen LogP contribution in [0.3, 0.4) is 0 Å². The summed E-state index contributed by atoms with van der Waals surface area (Å²) in [6, 6.07) is 0. The van der Waals surface area contributed by atoms with E-state index in [9.17, 15) is 10.2 Å². The molecule has 0 amide bonds. The van der Waals surface area contributed by atoms with Crippen LogP contribution in [0.25, 0.3) is 0 Å². The van der Waals surface area contributed by atoms with E-state index in [2.05, 4.69) is 20.6 Å². The molecule has 6 nitrogen and oxygen atoms in total. The minimum atomic E-state index is -1.26. The molecule has 1 aliphatic rings. The third kappa shape index (κ3) is 0.919. The molecule has 1 aromatic heterocycles. The standard InChI is InChI=1S/C6H10N4O2/c11-4-2-1-3-6(4,12)5-7-9-10-8-5/h4,11-12H,1-3H2,(H,7,8,9,10). The quantitative estimate of drug-likeness (QED) is 0.499. The third-order valence-electron chi connectivity index (χ3n) is 2.34. The van der Waals surface area contributed by atoms with Crippen LogP contribution in [0.15, 0.2) is 0 Å². The maximum Gasteiger partial charge on any atom is 0.183 e. The van der Waals surface area contributed by atoms with Gasteiger partial charge in [0, 0.05) is 0 Å². The van der Waals surface area contributed by atoms with Gasteiger partial charge in [0.2, 0.25) is 0 Å². The van der Waals surface area contributed by atoms with E-state index in [1.165, 1.54) is 0 Å². The third-order valence-corrected chi connectivity index (χ3v) is 2.34. The molecule has 2 rings (SSSR count). The number of H-pyrrole nitrogens is 1. The Balaban J connectivity index is 2.32. The molecule has 2 atom stereocenters. The molecule has 0 saturated heterocycles. The molecule has 0 spiro atoms. The summed E-state index contributed by atoms with van der Waals surface area (Å²) >= 11 is 0. The summed E-state index contributed by atoms with van der Waals surface area (Å²) < 4.78 is 0. The summed E-state index contributed by atoms with van der Waals surface area (Å²) in [5.74, 6) is 0.257. The Bertz CT molecular complexity index is 263. The fraction of sp³-hybridized carbons (Fsp3) is 0.833. The smallest absolute Gasteiger partial charge is 0.183 e. The van der Waals surface area contributed by atoms with E-state index in [4.69, 9.17) is 0 Å². The van der Waals surface area contributed by atoms with Crippen molar-refractivity contribution in [3.63, 3.8) is 0 Å². The number of aliphatic hydroxyl groups excluding tert-OH is 1. The molecule has 0 aliphatic heterocycles. The van der Waals surface area contributed by atoms with Gasteiger partial charge in [0.05, 0.1) is 6.10 Å². The molecule has 2 unspecified atom stereocenters. The lowest BCUT2D eigenvalue weighted by Gasteiger charge is -2.22. The van der Waals surface area contributed by atoms with Gasteiger partial charge in [-0.15, -0.1) is 5.10 Å². The molecule has 12 heavy (non-hydrogen) atoms. The van der Waals surface area contributed by atoms with Crippen LogP contribution in [0.4, 0.5) is 0 Å². The van der Waals surface area contributed by atoms with Gasteiger partial charge < -0.3 is 10.2 Å². The van der Waals surface area contributed by atoms with E-state index in [1.807, 2.05) is 0 Å². The van der Waals surface area contributed by atoms with Crippen molar-refractivity contribution in [1.29, 1.82) is 0 Å². The van der Waals surface area contributed by atoms with Crippen LogP contribution in [-0.2, 0) is 5.60 Å². The molecule has 6 heteroatoms. The molecule has 1 heterocycles. The van der Waals surface area contributed by atoms with Gasteiger partial charge in [-0.25, -0.2) is 5.10 Å². The number of aromatic nitrogens is 4. The van der Waals surface area contributed by atoms with E-state index in [1.54, 1.807) is 0 Å². The number of nitrogens with zero attached hydrogens (tertiary/aromatic N) is 3. The van der Waals surface area contributed by atoms with Crippen LogP contribution in [-0.4, -0.2) is 36.9 Å². The van der Waals surface area contributed by atoms with E-state index >= 15 is 0 Å². The van der Waals surface area contributed by atoms with Crippen molar-refractivity contribution in [3.8, 4) is 0 Å². The van der Waals surface area contributed by atoms with Crippen molar-refractivity contribution in [2.24, 2.45) is 0 Å². The Morgan fingerprint density at radius 3 is 2.92 bits per heavy atom. The predicted octanol–water partition coefficient (Wildman–Crippen LogP) is -1.07. The van der Waals surface area contributed by atoms with Gasteiger partial charge in [-0.05, 0) is 29.7 Å². The average Bonchev–Trinajstić information content (AvgIpc) is 2.62. The highest BCUT2D eigenvalue weighted by Crippen LogP contribution is 2.36. The first-order valence-corrected chi connectivity index (χ1v) is 3.88. The fourth-order valence-electron chi connectivity index (χ4n) is 1.59. The maximum atomic E-state index is 9.90. The Morgan fingerprint density at radius 1 is 1.58 bits per heavy atom. The lowest BCUT2D eigenvalue weighted by Crippen LogP contribution is -2.35. The van der Waals surface area contributed by atoms with Crippen LogP contribution in [0, 0.1) is 0 Å². The van der Waals surface area contributed by atoms with Crippen molar-refractivity contribution >= 4 is 0 Å². The van der Waals surface area contributed by atoms with E-state index in [0.29, 0.717) is 12.8 Å². The summed E-state index contributed by atoms with van der Waals surface area (Å²) in [5.41, 5.74) is -1.26. The predicted molar refractivity (Wildman–Crippen MR) is 37.9 cm³/mol. The van der Waals surface area contributed by atoms with Gasteiger partial charge in [0.25, 0.3) is 0 Å². The van der Waals surface area contributed by atoms with E-state index in [-0.39, 0.29) is 5.82 Å². The largest absolute Gasteiger partial charge is 0.390 e. The van der Waals surface area contributed by atoms with Gasteiger partial charge in [-0.3, -0.25) is 0 Å². The number of aromatic amines is 1. The minimum absolute atomic E-state index is 0.257. The topological polar surface area (TPSA) is 94.9 Å². The van der Waals surface area contributed by atoms with Gasteiger partial charge in [0.1, 0.15) is 0 Å². The zero-order valence-corrected chi connectivity index (χ0v) is 6.43. The number of tetrazole rings is 1. The van der Waals surface area contributed by atoms with Crippen LogP contribution in [0.2, 0.25) is 0 Å². The molecule has 1 saturated carbocycles. The first kappa shape index (κ1) is 7.63. The van der Waals surface area contributed by atoms with E-state index in [0.717, 1.165) is 6.42 Å². The highest BCUT2D eigenvalue weighted by atomic mass is 16.3. The first-order chi connectivity index (χ1) is 5.73. The van der Waals surface area contributed by atoms with Crippen LogP contribution in [0.5, 0.6) is 0 Å². The van der Waals surface area contributed by atoms with Crippen molar-refractivity contribution in [2.45, 2.75) is 31.0 Å². The van der Waals surface area contributed by atoms with Gasteiger partial charge >= 0.3 is 0 Å². The molecule has 0 aromatic carbocycles. The Kier molecular flexibility index (Phi) is 1.59. The Morgan fingerprint density at radius 2 is 2.42 bits per heavy atom. The number of hydrogen-bond acceptors (Lipinski definition) is 5. The summed E-state index contributed by atoms with van der Waals surface area (Å²) in [7, 11) is 0. The van der Waals surface area contributed by atoms with Crippen molar-refractivity contribution in [1.82, 2.24) is 20.6 Å². The van der Waals surface area contributed by atoms with Crippen molar-refractivity contribution in [2.75, 3.05) is 0 Å². The summed E-state index contributed by atoms with van der Waals surface area (Å²) in [6.45, 7) is 0. The number of hydrogen-bond donors (Lipinski definition) is 3. The molecule has 0 bridgehead atoms. The summed E-state index contributed by atoms with van der Waals surface area (Å²) in [5, 5.41) is 32.1. The minimum Gasteiger partial charge on any atom is -0.390 e. The molecule has 0 radical (unpaired) electrons. The van der Waals surface area contributed by atoms with Crippen LogP contribution < -0.4 is 0 Å². The van der Waals surface area contributed by atoms with Gasteiger partial charge in [-0.2, -0.15) is 0 Å². The molecule has 66 valence electrons. The summed E-state index contributed by atoms with van der Waals surface area (Å²) in [4.78, 5) is 0. The second kappa shape index (κ2) is 2.49. The first-order valence-electron chi connectivity index (χ1n) is 3.88. The highest BCUT2D eigenvalue weighted by molar-refractivity contribution is 5.05. The van der Waals surface area contributed by atoms with Crippen molar-refractivity contribution < 1.29 is 10.2 Å². The molecule has 1 fully saturated rings. The zero-order valence-electron chi connectivity index (χ0n) is 6.43. The van der Waals surface area contributed by atoms with Gasteiger partial charge in [-0.1, -0.05) is 0 Å².